The van der Waals surface area contributed by atoms with Crippen LogP contribution in [-0.2, 0) is 9.59 Å². The Morgan fingerprint density at radius 2 is 2.11 bits per heavy atom. The van der Waals surface area contributed by atoms with Gasteiger partial charge in [0, 0.05) is 30.5 Å². The van der Waals surface area contributed by atoms with Crippen LogP contribution in [0.3, 0.4) is 0 Å². The molecule has 1 aliphatic heterocycles. The van der Waals surface area contributed by atoms with Crippen molar-refractivity contribution >= 4 is 34.0 Å². The second-order valence-electron chi connectivity index (χ2n) is 6.73. The number of nitrogens with zero attached hydrogens (tertiary/aromatic N) is 3. The van der Waals surface area contributed by atoms with Gasteiger partial charge in [-0.25, -0.2) is 0 Å². The minimum Gasteiger partial charge on any atom is -0.497 e. The number of hydrogen-bond acceptors (Lipinski definition) is 6. The number of aromatic nitrogens is 2. The van der Waals surface area contributed by atoms with Gasteiger partial charge in [-0.1, -0.05) is 31.6 Å². The van der Waals surface area contributed by atoms with Crippen molar-refractivity contribution < 1.29 is 14.3 Å². The minimum atomic E-state index is -0.0547. The van der Waals surface area contributed by atoms with Crippen molar-refractivity contribution in [2.75, 3.05) is 23.9 Å². The van der Waals surface area contributed by atoms with E-state index < -0.39 is 0 Å². The molecule has 1 aliphatic rings. The lowest BCUT2D eigenvalue weighted by Crippen LogP contribution is -2.24. The Hall–Kier alpha value is -2.48. The summed E-state index contributed by atoms with van der Waals surface area (Å²) in [5, 5.41) is 12.4. The summed E-state index contributed by atoms with van der Waals surface area (Å²) in [5.74, 6) is 0.699. The van der Waals surface area contributed by atoms with Crippen LogP contribution in [-0.4, -0.2) is 35.7 Å². The maximum absolute atomic E-state index is 12.4. The molecule has 1 fully saturated rings. The Kier molecular flexibility index (Phi) is 6.05. The van der Waals surface area contributed by atoms with Gasteiger partial charge in [-0.3, -0.25) is 9.59 Å². The number of nitrogens with one attached hydrogen (secondary N) is 1. The van der Waals surface area contributed by atoms with Gasteiger partial charge in [0.15, 0.2) is 0 Å². The summed E-state index contributed by atoms with van der Waals surface area (Å²) in [6.45, 7) is 4.52. The summed E-state index contributed by atoms with van der Waals surface area (Å²) in [6.07, 6.45) is 2.19. The van der Waals surface area contributed by atoms with Crippen LogP contribution in [0.25, 0.3) is 0 Å². The van der Waals surface area contributed by atoms with E-state index in [2.05, 4.69) is 22.4 Å². The quantitative estimate of drug-likeness (QED) is 0.785. The third-order valence-electron chi connectivity index (χ3n) is 4.70. The highest BCUT2D eigenvalue weighted by Crippen LogP contribution is 2.34. The highest BCUT2D eigenvalue weighted by molar-refractivity contribution is 7.15. The van der Waals surface area contributed by atoms with Gasteiger partial charge in [-0.15, -0.1) is 10.2 Å². The lowest BCUT2D eigenvalue weighted by atomic mass is 10.1. The number of methoxy groups -OCH3 is 1. The topological polar surface area (TPSA) is 84.4 Å². The highest BCUT2D eigenvalue weighted by atomic mass is 32.1. The Balaban J connectivity index is 1.65. The first-order valence-electron chi connectivity index (χ1n) is 9.10. The molecular weight excluding hydrogens is 364 g/mol. The molecule has 0 radical (unpaired) electrons. The van der Waals surface area contributed by atoms with Gasteiger partial charge in [0.05, 0.1) is 7.11 Å². The zero-order chi connectivity index (χ0) is 19.4. The third-order valence-corrected chi connectivity index (χ3v) is 5.70. The molecule has 0 saturated carbocycles. The number of ether oxygens (including phenoxy) is 1. The molecule has 144 valence electrons. The van der Waals surface area contributed by atoms with E-state index in [1.54, 1.807) is 12.0 Å². The maximum Gasteiger partial charge on any atom is 0.229 e. The van der Waals surface area contributed by atoms with Gasteiger partial charge < -0.3 is 15.0 Å². The van der Waals surface area contributed by atoms with Crippen molar-refractivity contribution in [1.82, 2.24) is 10.2 Å². The summed E-state index contributed by atoms with van der Waals surface area (Å²) in [7, 11) is 1.61. The first-order chi connectivity index (χ1) is 13.0. The fraction of sp³-hybridized carbons (Fsp3) is 0.474. The number of rotatable bonds is 7. The van der Waals surface area contributed by atoms with Crippen LogP contribution in [0, 0.1) is 5.92 Å². The first-order valence-corrected chi connectivity index (χ1v) is 9.92. The largest absolute Gasteiger partial charge is 0.497 e. The van der Waals surface area contributed by atoms with Crippen molar-refractivity contribution in [3.8, 4) is 5.75 Å². The predicted octanol–water partition coefficient (Wildman–Crippen LogP) is 3.44. The van der Waals surface area contributed by atoms with E-state index in [0.29, 0.717) is 18.1 Å². The molecule has 1 aromatic heterocycles. The van der Waals surface area contributed by atoms with Crippen molar-refractivity contribution in [2.24, 2.45) is 5.92 Å². The molecule has 27 heavy (non-hydrogen) atoms. The highest BCUT2D eigenvalue weighted by Gasteiger charge is 2.34. The fourth-order valence-electron chi connectivity index (χ4n) is 3.13. The number of amides is 2. The SMILES string of the molecule is CCCC(C)C(=O)Nc1nnc(C2CC(=O)N(c3ccc(OC)cc3)C2)s1. The zero-order valence-corrected chi connectivity index (χ0v) is 16.6. The van der Waals surface area contributed by atoms with E-state index in [1.807, 2.05) is 31.2 Å². The molecule has 0 spiro atoms. The van der Waals surface area contributed by atoms with E-state index in [9.17, 15) is 9.59 Å². The number of carbonyl (C=O) groups is 2. The van der Waals surface area contributed by atoms with Gasteiger partial charge >= 0.3 is 0 Å². The van der Waals surface area contributed by atoms with Crippen LogP contribution in [0.15, 0.2) is 24.3 Å². The van der Waals surface area contributed by atoms with Crippen LogP contribution < -0.4 is 15.0 Å². The molecule has 1 saturated heterocycles. The maximum atomic E-state index is 12.4. The Morgan fingerprint density at radius 1 is 1.37 bits per heavy atom. The van der Waals surface area contributed by atoms with E-state index in [4.69, 9.17) is 4.74 Å². The molecule has 2 amide bonds. The molecule has 7 nitrogen and oxygen atoms in total. The molecule has 2 aromatic rings. The first kappa shape index (κ1) is 19.3. The summed E-state index contributed by atoms with van der Waals surface area (Å²) >= 11 is 1.35. The van der Waals surface area contributed by atoms with Crippen molar-refractivity contribution in [3.05, 3.63) is 29.3 Å². The number of anilines is 2. The van der Waals surface area contributed by atoms with E-state index >= 15 is 0 Å². The van der Waals surface area contributed by atoms with Crippen LogP contribution >= 0.6 is 11.3 Å². The molecular formula is C19H24N4O3S. The summed E-state index contributed by atoms with van der Waals surface area (Å²) in [4.78, 5) is 26.3. The molecule has 2 unspecified atom stereocenters. The predicted molar refractivity (Wildman–Crippen MR) is 105 cm³/mol. The van der Waals surface area contributed by atoms with Crippen LogP contribution in [0.4, 0.5) is 10.8 Å². The average molecular weight is 388 g/mol. The number of benzene rings is 1. The van der Waals surface area contributed by atoms with E-state index in [0.717, 1.165) is 29.3 Å². The monoisotopic (exact) mass is 388 g/mol. The summed E-state index contributed by atoms with van der Waals surface area (Å²) < 4.78 is 5.16. The Bertz CT molecular complexity index is 806. The third kappa shape index (κ3) is 4.44. The lowest BCUT2D eigenvalue weighted by molar-refractivity contribution is -0.119. The van der Waals surface area contributed by atoms with Gasteiger partial charge in [0.25, 0.3) is 0 Å². The number of hydrogen-bond donors (Lipinski definition) is 1. The normalized spacial score (nSPS) is 17.8. The molecule has 1 N–H and O–H groups in total. The minimum absolute atomic E-state index is 0.0178. The van der Waals surface area contributed by atoms with Crippen molar-refractivity contribution in [3.63, 3.8) is 0 Å². The van der Waals surface area contributed by atoms with Gasteiger partial charge in [-0.05, 0) is 30.7 Å². The molecule has 0 aliphatic carbocycles. The standard InChI is InChI=1S/C19H24N4O3S/c1-4-5-12(2)17(25)20-19-22-21-18(27-19)13-10-16(24)23(11-13)14-6-8-15(26-3)9-7-14/h6-9,12-13H,4-5,10-11H2,1-3H3,(H,20,22,25). The Morgan fingerprint density at radius 3 is 2.78 bits per heavy atom. The smallest absolute Gasteiger partial charge is 0.229 e. The number of carbonyl (C=O) groups excluding carboxylic acids is 2. The molecule has 1 aromatic carbocycles. The second-order valence-corrected chi connectivity index (χ2v) is 7.74. The zero-order valence-electron chi connectivity index (χ0n) is 15.8. The Labute approximate surface area is 162 Å². The van der Waals surface area contributed by atoms with Crippen LogP contribution in [0.5, 0.6) is 5.75 Å². The van der Waals surface area contributed by atoms with E-state index in [1.165, 1.54) is 11.3 Å². The lowest BCUT2D eigenvalue weighted by Gasteiger charge is -2.16. The molecule has 8 heteroatoms. The molecule has 2 atom stereocenters. The van der Waals surface area contributed by atoms with Gasteiger partial charge in [0.2, 0.25) is 16.9 Å². The average Bonchev–Trinajstić information content (AvgIpc) is 3.28. The summed E-state index contributed by atoms with van der Waals surface area (Å²) in [6, 6.07) is 7.43. The molecule has 3 rings (SSSR count). The fourth-order valence-corrected chi connectivity index (χ4v) is 3.97. The molecule has 2 heterocycles. The van der Waals surface area contributed by atoms with Crippen LogP contribution in [0.2, 0.25) is 0 Å². The van der Waals surface area contributed by atoms with Crippen molar-refractivity contribution in [1.29, 1.82) is 0 Å². The summed E-state index contributed by atoms with van der Waals surface area (Å²) in [5.41, 5.74) is 0.842. The second kappa shape index (κ2) is 8.47. The van der Waals surface area contributed by atoms with Crippen LogP contribution in [0.1, 0.15) is 44.0 Å². The van der Waals surface area contributed by atoms with Gasteiger partial charge in [-0.2, -0.15) is 0 Å². The van der Waals surface area contributed by atoms with E-state index in [-0.39, 0.29) is 23.7 Å². The molecule has 0 bridgehead atoms. The van der Waals surface area contributed by atoms with Gasteiger partial charge in [0.1, 0.15) is 10.8 Å². The van der Waals surface area contributed by atoms with Crippen molar-refractivity contribution in [2.45, 2.75) is 39.0 Å².